The van der Waals surface area contributed by atoms with Crippen molar-refractivity contribution in [3.8, 4) is 0 Å². The molecule has 2 unspecified atom stereocenters. The van der Waals surface area contributed by atoms with Gasteiger partial charge >= 0.3 is 13.8 Å². The third-order valence-electron chi connectivity index (χ3n) is 7.79. The highest BCUT2D eigenvalue weighted by atomic mass is 31.2. The average Bonchev–Trinajstić information content (AvgIpc) is 3.00. The number of ether oxygens (including phenoxy) is 1. The highest BCUT2D eigenvalue weighted by molar-refractivity contribution is 7.47. The van der Waals surface area contributed by atoms with Crippen LogP contribution in [0, 0.1) is 0 Å². The molecule has 0 fully saturated rings. The molecule has 0 saturated carbocycles. The zero-order chi connectivity index (χ0) is 32.6. The van der Waals surface area contributed by atoms with Gasteiger partial charge in [-0.25, -0.2) is 4.57 Å². The number of rotatable bonds is 34. The van der Waals surface area contributed by atoms with Crippen molar-refractivity contribution in [2.24, 2.45) is 0 Å². The number of phosphoric ester groups is 1. The SMILES string of the molecule is CCCCCCCCCCCCCCCC(=O)OCC(O)COP(=O)(O)OCCNC(=O)CCCCCCCCCCCC. The lowest BCUT2D eigenvalue weighted by molar-refractivity contribution is -0.147. The number of unbranched alkanes of at least 4 members (excludes halogenated alkanes) is 21. The molecule has 0 aromatic carbocycles. The molecular formula is C34H68NO8P. The van der Waals surface area contributed by atoms with Crippen molar-refractivity contribution in [2.45, 2.75) is 180 Å². The van der Waals surface area contributed by atoms with Gasteiger partial charge in [0.2, 0.25) is 5.91 Å². The van der Waals surface area contributed by atoms with E-state index in [-0.39, 0.29) is 32.1 Å². The number of esters is 1. The Kier molecular flexibility index (Phi) is 31.3. The summed E-state index contributed by atoms with van der Waals surface area (Å²) in [6.07, 6.45) is 27.4. The summed E-state index contributed by atoms with van der Waals surface area (Å²) in [6, 6.07) is 0. The van der Waals surface area contributed by atoms with Gasteiger partial charge in [0.1, 0.15) is 12.7 Å². The van der Waals surface area contributed by atoms with Crippen LogP contribution in [-0.2, 0) is 27.9 Å². The van der Waals surface area contributed by atoms with Crippen molar-refractivity contribution < 1.29 is 37.9 Å². The number of hydrogen-bond donors (Lipinski definition) is 3. The van der Waals surface area contributed by atoms with Crippen molar-refractivity contribution in [1.29, 1.82) is 0 Å². The lowest BCUT2D eigenvalue weighted by Gasteiger charge is -2.15. The second-order valence-corrected chi connectivity index (χ2v) is 13.7. The highest BCUT2D eigenvalue weighted by Gasteiger charge is 2.23. The van der Waals surface area contributed by atoms with Gasteiger partial charge in [0.25, 0.3) is 0 Å². The highest BCUT2D eigenvalue weighted by Crippen LogP contribution is 2.42. The van der Waals surface area contributed by atoms with Crippen LogP contribution in [0.3, 0.4) is 0 Å². The summed E-state index contributed by atoms with van der Waals surface area (Å²) in [5.74, 6) is -0.512. The second kappa shape index (κ2) is 32.0. The largest absolute Gasteiger partial charge is 0.472 e. The zero-order valence-electron chi connectivity index (χ0n) is 28.4. The predicted molar refractivity (Wildman–Crippen MR) is 178 cm³/mol. The Morgan fingerprint density at radius 2 is 1.02 bits per heavy atom. The Balaban J connectivity index is 3.61. The van der Waals surface area contributed by atoms with Gasteiger partial charge in [-0.15, -0.1) is 0 Å². The number of carbonyl (C=O) groups excluding carboxylic acids is 2. The molecule has 1 amide bonds. The fourth-order valence-corrected chi connectivity index (χ4v) is 5.78. The summed E-state index contributed by atoms with van der Waals surface area (Å²) in [6.45, 7) is 3.54. The third kappa shape index (κ3) is 32.4. The number of hydrogen-bond acceptors (Lipinski definition) is 7. The van der Waals surface area contributed by atoms with Crippen LogP contribution in [0.25, 0.3) is 0 Å². The fourth-order valence-electron chi connectivity index (χ4n) is 5.03. The minimum atomic E-state index is -4.40. The fraction of sp³-hybridized carbons (Fsp3) is 0.941. The monoisotopic (exact) mass is 649 g/mol. The van der Waals surface area contributed by atoms with Crippen LogP contribution in [0.2, 0.25) is 0 Å². The maximum atomic E-state index is 12.0. The number of phosphoric acid groups is 1. The van der Waals surface area contributed by atoms with E-state index in [0.717, 1.165) is 38.5 Å². The standard InChI is InChI=1S/C34H68NO8P/c1-3-5-7-9-11-13-15-16-17-19-21-23-25-27-34(38)41-30-32(36)31-43-44(39,40)42-29-28-35-33(37)26-24-22-20-18-14-12-10-8-6-4-2/h32,36H,3-31H2,1-2H3,(H,35,37)(H,39,40). The molecule has 0 aliphatic heterocycles. The lowest BCUT2D eigenvalue weighted by Crippen LogP contribution is -2.27. The second-order valence-electron chi connectivity index (χ2n) is 12.2. The first-order valence-electron chi connectivity index (χ1n) is 18.0. The van der Waals surface area contributed by atoms with E-state index < -0.39 is 26.5 Å². The van der Waals surface area contributed by atoms with E-state index in [1.807, 2.05) is 0 Å². The van der Waals surface area contributed by atoms with E-state index >= 15 is 0 Å². The molecule has 2 atom stereocenters. The molecule has 0 radical (unpaired) electrons. The van der Waals surface area contributed by atoms with E-state index in [9.17, 15) is 24.2 Å². The zero-order valence-corrected chi connectivity index (χ0v) is 29.3. The molecule has 0 heterocycles. The van der Waals surface area contributed by atoms with E-state index in [1.165, 1.54) is 109 Å². The van der Waals surface area contributed by atoms with Crippen molar-refractivity contribution >= 4 is 19.7 Å². The molecule has 0 saturated heterocycles. The normalized spacial score (nSPS) is 13.5. The first-order chi connectivity index (χ1) is 21.3. The summed E-state index contributed by atoms with van der Waals surface area (Å²) in [5.41, 5.74) is 0. The summed E-state index contributed by atoms with van der Waals surface area (Å²) < 4.78 is 26.7. The van der Waals surface area contributed by atoms with Gasteiger partial charge in [0.05, 0.1) is 13.2 Å². The molecule has 0 aromatic heterocycles. The molecule has 3 N–H and O–H groups in total. The van der Waals surface area contributed by atoms with Crippen LogP contribution in [0.5, 0.6) is 0 Å². The summed E-state index contributed by atoms with van der Waals surface area (Å²) >= 11 is 0. The van der Waals surface area contributed by atoms with Crippen molar-refractivity contribution in [1.82, 2.24) is 5.32 Å². The number of nitrogens with one attached hydrogen (secondary N) is 1. The Labute approximate surface area is 269 Å². The van der Waals surface area contributed by atoms with Crippen LogP contribution in [-0.4, -0.2) is 54.3 Å². The lowest BCUT2D eigenvalue weighted by atomic mass is 10.0. The molecule has 0 aliphatic carbocycles. The van der Waals surface area contributed by atoms with E-state index in [0.29, 0.717) is 6.42 Å². The molecule has 0 aromatic rings. The molecular weight excluding hydrogens is 581 g/mol. The smallest absolute Gasteiger partial charge is 0.463 e. The molecule has 262 valence electrons. The van der Waals surface area contributed by atoms with Gasteiger partial charge in [0.15, 0.2) is 0 Å². The molecule has 10 heteroatoms. The maximum Gasteiger partial charge on any atom is 0.472 e. The molecule has 0 rings (SSSR count). The molecule has 0 aliphatic rings. The van der Waals surface area contributed by atoms with Gasteiger partial charge in [-0.1, -0.05) is 149 Å². The first kappa shape index (κ1) is 43.0. The average molecular weight is 650 g/mol. The van der Waals surface area contributed by atoms with Crippen LogP contribution in [0.4, 0.5) is 0 Å². The minimum absolute atomic E-state index is 0.0872. The Hall–Kier alpha value is -0.990. The van der Waals surface area contributed by atoms with Crippen LogP contribution >= 0.6 is 7.82 Å². The van der Waals surface area contributed by atoms with Gasteiger partial charge in [-0.05, 0) is 12.8 Å². The Bertz CT molecular complexity index is 709. The summed E-state index contributed by atoms with van der Waals surface area (Å²) in [4.78, 5) is 33.6. The predicted octanol–water partition coefficient (Wildman–Crippen LogP) is 8.93. The number of aliphatic hydroxyl groups excluding tert-OH is 1. The van der Waals surface area contributed by atoms with Gasteiger partial charge in [0, 0.05) is 19.4 Å². The van der Waals surface area contributed by atoms with Crippen molar-refractivity contribution in [2.75, 3.05) is 26.4 Å². The van der Waals surface area contributed by atoms with Crippen LogP contribution in [0.15, 0.2) is 0 Å². The van der Waals surface area contributed by atoms with Crippen molar-refractivity contribution in [3.05, 3.63) is 0 Å². The summed E-state index contributed by atoms with van der Waals surface area (Å²) in [5, 5.41) is 12.6. The van der Waals surface area contributed by atoms with E-state index in [2.05, 4.69) is 19.2 Å². The molecule has 0 bridgehead atoms. The number of amides is 1. The van der Waals surface area contributed by atoms with Crippen LogP contribution in [0.1, 0.15) is 174 Å². The van der Waals surface area contributed by atoms with Gasteiger partial charge in [-0.2, -0.15) is 0 Å². The minimum Gasteiger partial charge on any atom is -0.463 e. The topological polar surface area (TPSA) is 131 Å². The summed E-state index contributed by atoms with van der Waals surface area (Å²) in [7, 11) is -4.40. The number of carbonyl (C=O) groups is 2. The van der Waals surface area contributed by atoms with Gasteiger partial charge < -0.3 is 20.1 Å². The van der Waals surface area contributed by atoms with E-state index in [4.69, 9.17) is 13.8 Å². The molecule has 0 spiro atoms. The third-order valence-corrected chi connectivity index (χ3v) is 8.77. The Morgan fingerprint density at radius 1 is 0.614 bits per heavy atom. The van der Waals surface area contributed by atoms with Gasteiger partial charge in [-0.3, -0.25) is 18.6 Å². The van der Waals surface area contributed by atoms with E-state index in [1.54, 1.807) is 0 Å². The number of aliphatic hydroxyl groups is 1. The maximum absolute atomic E-state index is 12.0. The van der Waals surface area contributed by atoms with Crippen molar-refractivity contribution in [3.63, 3.8) is 0 Å². The molecule has 44 heavy (non-hydrogen) atoms. The Morgan fingerprint density at radius 3 is 1.48 bits per heavy atom. The first-order valence-corrected chi connectivity index (χ1v) is 19.5. The van der Waals surface area contributed by atoms with Crippen LogP contribution < -0.4 is 5.32 Å². The quantitative estimate of drug-likeness (QED) is 0.0358. The molecule has 9 nitrogen and oxygen atoms in total.